The Morgan fingerprint density at radius 1 is 1.38 bits per heavy atom. The highest BCUT2D eigenvalue weighted by Crippen LogP contribution is 2.07. The van der Waals surface area contributed by atoms with Crippen LogP contribution in [-0.2, 0) is 15.9 Å². The van der Waals surface area contributed by atoms with Crippen molar-refractivity contribution in [3.05, 3.63) is 24.2 Å². The van der Waals surface area contributed by atoms with Gasteiger partial charge in [0, 0.05) is 39.3 Å². The third kappa shape index (κ3) is 8.89. The molecule has 6 nitrogen and oxygen atoms in total. The molecule has 1 atom stereocenters. The van der Waals surface area contributed by atoms with Crippen LogP contribution in [0.5, 0.6) is 0 Å². The van der Waals surface area contributed by atoms with Crippen molar-refractivity contribution in [3.8, 4) is 0 Å². The van der Waals surface area contributed by atoms with Crippen LogP contribution in [0.15, 0.2) is 27.8 Å². The van der Waals surface area contributed by atoms with Crippen LogP contribution in [-0.4, -0.2) is 51.5 Å². The molecule has 2 N–H and O–H groups in total. The SMILES string of the molecule is CCCN=C(NCCCOC1CCOC1)NCCc1ccco1.I. The zero-order chi connectivity index (χ0) is 16.2. The van der Waals surface area contributed by atoms with Crippen molar-refractivity contribution in [1.82, 2.24) is 10.6 Å². The van der Waals surface area contributed by atoms with Crippen LogP contribution in [0, 0.1) is 0 Å². The fourth-order valence-corrected chi connectivity index (χ4v) is 2.33. The third-order valence-electron chi connectivity index (χ3n) is 3.59. The smallest absolute Gasteiger partial charge is 0.191 e. The van der Waals surface area contributed by atoms with Gasteiger partial charge in [-0.1, -0.05) is 6.92 Å². The summed E-state index contributed by atoms with van der Waals surface area (Å²) in [6.45, 7) is 6.94. The van der Waals surface area contributed by atoms with Crippen molar-refractivity contribution in [3.63, 3.8) is 0 Å². The number of hydrogen-bond donors (Lipinski definition) is 2. The third-order valence-corrected chi connectivity index (χ3v) is 3.59. The standard InChI is InChI=1S/C17H29N3O3.HI/c1-2-8-18-17(20-10-6-15-5-3-11-22-15)19-9-4-12-23-16-7-13-21-14-16;/h3,5,11,16H,2,4,6-10,12-14H2,1H3,(H2,18,19,20);1H. The molecule has 0 bridgehead atoms. The van der Waals surface area contributed by atoms with Crippen molar-refractivity contribution in [2.75, 3.05) is 39.5 Å². The van der Waals surface area contributed by atoms with Crippen molar-refractivity contribution in [1.29, 1.82) is 0 Å². The van der Waals surface area contributed by atoms with Gasteiger partial charge >= 0.3 is 0 Å². The van der Waals surface area contributed by atoms with Gasteiger partial charge in [0.2, 0.25) is 0 Å². The van der Waals surface area contributed by atoms with Crippen LogP contribution in [0.1, 0.15) is 31.9 Å². The Morgan fingerprint density at radius 3 is 2.96 bits per heavy atom. The van der Waals surface area contributed by atoms with Crippen LogP contribution < -0.4 is 10.6 Å². The van der Waals surface area contributed by atoms with Gasteiger partial charge in [0.15, 0.2) is 5.96 Å². The summed E-state index contributed by atoms with van der Waals surface area (Å²) >= 11 is 0. The fraction of sp³-hybridized carbons (Fsp3) is 0.706. The number of rotatable bonds is 10. The molecule has 0 spiro atoms. The van der Waals surface area contributed by atoms with Crippen molar-refractivity contribution >= 4 is 29.9 Å². The first-order valence-corrected chi connectivity index (χ1v) is 8.62. The summed E-state index contributed by atoms with van der Waals surface area (Å²) in [5.41, 5.74) is 0. The molecule has 1 unspecified atom stereocenters. The van der Waals surface area contributed by atoms with Crippen LogP contribution in [0.4, 0.5) is 0 Å². The molecular weight excluding hydrogens is 421 g/mol. The van der Waals surface area contributed by atoms with E-state index in [1.54, 1.807) is 6.26 Å². The van der Waals surface area contributed by atoms with Crippen molar-refractivity contribution in [2.24, 2.45) is 4.99 Å². The van der Waals surface area contributed by atoms with E-state index in [2.05, 4.69) is 22.5 Å². The number of hydrogen-bond acceptors (Lipinski definition) is 4. The van der Waals surface area contributed by atoms with Gasteiger partial charge < -0.3 is 24.5 Å². The fourth-order valence-electron chi connectivity index (χ4n) is 2.33. The minimum Gasteiger partial charge on any atom is -0.469 e. The van der Waals surface area contributed by atoms with E-state index < -0.39 is 0 Å². The zero-order valence-electron chi connectivity index (χ0n) is 14.5. The lowest BCUT2D eigenvalue weighted by Crippen LogP contribution is -2.39. The Labute approximate surface area is 161 Å². The minimum atomic E-state index is 0. The summed E-state index contributed by atoms with van der Waals surface area (Å²) in [4.78, 5) is 4.54. The van der Waals surface area contributed by atoms with E-state index >= 15 is 0 Å². The predicted octanol–water partition coefficient (Wildman–Crippen LogP) is 2.58. The minimum absolute atomic E-state index is 0. The molecule has 1 saturated heterocycles. The number of nitrogens with zero attached hydrogens (tertiary/aromatic N) is 1. The zero-order valence-corrected chi connectivity index (χ0v) is 16.8. The Bertz CT molecular complexity index is 434. The van der Waals surface area contributed by atoms with Gasteiger partial charge in [-0.25, -0.2) is 0 Å². The van der Waals surface area contributed by atoms with E-state index in [0.717, 1.165) is 76.9 Å². The highest BCUT2D eigenvalue weighted by molar-refractivity contribution is 14.0. The number of aliphatic imine (C=N–C) groups is 1. The second-order valence-electron chi connectivity index (χ2n) is 5.62. The Hall–Kier alpha value is -0.800. The molecule has 0 aromatic carbocycles. The van der Waals surface area contributed by atoms with E-state index in [4.69, 9.17) is 13.9 Å². The van der Waals surface area contributed by atoms with Crippen LogP contribution in [0.25, 0.3) is 0 Å². The normalized spacial score (nSPS) is 17.5. The molecule has 0 aliphatic carbocycles. The van der Waals surface area contributed by atoms with Gasteiger partial charge in [-0.3, -0.25) is 4.99 Å². The number of furan rings is 1. The average Bonchev–Trinajstić information content (AvgIpc) is 3.25. The van der Waals surface area contributed by atoms with Crippen LogP contribution >= 0.6 is 24.0 Å². The molecule has 24 heavy (non-hydrogen) atoms. The molecule has 0 saturated carbocycles. The molecule has 1 aromatic heterocycles. The average molecular weight is 451 g/mol. The lowest BCUT2D eigenvalue weighted by atomic mass is 10.3. The number of guanidine groups is 1. The van der Waals surface area contributed by atoms with Gasteiger partial charge in [-0.2, -0.15) is 0 Å². The molecule has 1 aromatic rings. The van der Waals surface area contributed by atoms with E-state index in [1.165, 1.54) is 0 Å². The Balaban J connectivity index is 0.00000288. The first kappa shape index (κ1) is 21.2. The van der Waals surface area contributed by atoms with Gasteiger partial charge in [-0.05, 0) is 31.4 Å². The summed E-state index contributed by atoms with van der Waals surface area (Å²) < 4.78 is 16.4. The quantitative estimate of drug-likeness (QED) is 0.248. The Kier molecular flexibility index (Phi) is 11.9. The molecule has 138 valence electrons. The van der Waals surface area contributed by atoms with Crippen LogP contribution in [0.3, 0.4) is 0 Å². The van der Waals surface area contributed by atoms with Gasteiger partial charge in [0.1, 0.15) is 5.76 Å². The van der Waals surface area contributed by atoms with Crippen molar-refractivity contribution in [2.45, 2.75) is 38.7 Å². The molecule has 7 heteroatoms. The summed E-state index contributed by atoms with van der Waals surface area (Å²) in [6.07, 6.45) is 5.86. The Morgan fingerprint density at radius 2 is 2.25 bits per heavy atom. The lowest BCUT2D eigenvalue weighted by Gasteiger charge is -2.13. The molecule has 1 fully saturated rings. The monoisotopic (exact) mass is 451 g/mol. The largest absolute Gasteiger partial charge is 0.469 e. The van der Waals surface area contributed by atoms with E-state index in [0.29, 0.717) is 0 Å². The molecule has 1 aliphatic heterocycles. The van der Waals surface area contributed by atoms with Gasteiger partial charge in [-0.15, -0.1) is 24.0 Å². The second kappa shape index (κ2) is 13.5. The molecule has 2 rings (SSSR count). The molecule has 0 amide bonds. The van der Waals surface area contributed by atoms with E-state index in [-0.39, 0.29) is 30.1 Å². The lowest BCUT2D eigenvalue weighted by molar-refractivity contribution is 0.0420. The topological polar surface area (TPSA) is 68.0 Å². The van der Waals surface area contributed by atoms with Crippen LogP contribution in [0.2, 0.25) is 0 Å². The number of halogens is 1. The second-order valence-corrected chi connectivity index (χ2v) is 5.62. The summed E-state index contributed by atoms with van der Waals surface area (Å²) in [7, 11) is 0. The maximum atomic E-state index is 5.76. The van der Waals surface area contributed by atoms with Gasteiger partial charge in [0.05, 0.1) is 19.0 Å². The maximum Gasteiger partial charge on any atom is 0.191 e. The van der Waals surface area contributed by atoms with E-state index in [1.807, 2.05) is 12.1 Å². The first-order chi connectivity index (χ1) is 11.4. The molecule has 0 radical (unpaired) electrons. The number of ether oxygens (including phenoxy) is 2. The summed E-state index contributed by atoms with van der Waals surface area (Å²) in [5, 5.41) is 6.70. The summed E-state index contributed by atoms with van der Waals surface area (Å²) in [5.74, 6) is 1.85. The molecular formula is C17H30IN3O3. The maximum absolute atomic E-state index is 5.76. The summed E-state index contributed by atoms with van der Waals surface area (Å²) in [6, 6.07) is 3.90. The molecule has 2 heterocycles. The number of nitrogens with one attached hydrogen (secondary N) is 2. The molecule has 1 aliphatic rings. The van der Waals surface area contributed by atoms with E-state index in [9.17, 15) is 0 Å². The highest BCUT2D eigenvalue weighted by Gasteiger charge is 2.15. The van der Waals surface area contributed by atoms with Crippen molar-refractivity contribution < 1.29 is 13.9 Å². The first-order valence-electron chi connectivity index (χ1n) is 8.62. The highest BCUT2D eigenvalue weighted by atomic mass is 127. The van der Waals surface area contributed by atoms with Gasteiger partial charge in [0.25, 0.3) is 0 Å². The predicted molar refractivity (Wildman–Crippen MR) is 106 cm³/mol.